The molecule has 1 fully saturated rings. The van der Waals surface area contributed by atoms with Gasteiger partial charge in [-0.05, 0) is 22.4 Å². The molecule has 0 bridgehead atoms. The molecule has 0 aliphatic carbocycles. The second kappa shape index (κ2) is 4.21. The molecule has 1 aliphatic heterocycles. The topological polar surface area (TPSA) is 66.4 Å². The van der Waals surface area contributed by atoms with Gasteiger partial charge in [0.25, 0.3) is 0 Å². The number of aliphatic hydroxyl groups excluding tert-OH is 1. The number of aliphatic hydroxyl groups is 1. The van der Waals surface area contributed by atoms with Gasteiger partial charge < -0.3 is 10.4 Å². The molecule has 0 radical (unpaired) electrons. The minimum absolute atomic E-state index is 0.0400. The molecule has 0 spiro atoms. The Kier molecular flexibility index (Phi) is 3.11. The lowest BCUT2D eigenvalue weighted by Crippen LogP contribution is -2.38. The molecule has 2 unspecified atom stereocenters. The number of nitrogens with one attached hydrogen (secondary N) is 1. The van der Waals surface area contributed by atoms with Gasteiger partial charge in [-0.15, -0.1) is 0 Å². The number of sulfone groups is 1. The first-order valence-electron chi connectivity index (χ1n) is 4.70. The summed E-state index contributed by atoms with van der Waals surface area (Å²) in [5, 5.41) is 16.6. The maximum absolute atomic E-state index is 11.2. The van der Waals surface area contributed by atoms with Crippen molar-refractivity contribution in [3.8, 4) is 0 Å². The van der Waals surface area contributed by atoms with Crippen LogP contribution in [0.5, 0.6) is 0 Å². The Balaban J connectivity index is 1.91. The van der Waals surface area contributed by atoms with Crippen molar-refractivity contribution in [3.63, 3.8) is 0 Å². The molecule has 4 nitrogen and oxygen atoms in total. The van der Waals surface area contributed by atoms with Crippen LogP contribution in [0.4, 0.5) is 0 Å². The highest BCUT2D eigenvalue weighted by molar-refractivity contribution is 7.91. The van der Waals surface area contributed by atoms with Crippen molar-refractivity contribution in [2.24, 2.45) is 0 Å². The molecule has 84 valence electrons. The SMILES string of the molecule is O=S1(=O)CC(O)C(NCc2ccsc2)C1. The monoisotopic (exact) mass is 247 g/mol. The highest BCUT2D eigenvalue weighted by Crippen LogP contribution is 2.13. The second-order valence-electron chi connectivity index (χ2n) is 3.76. The zero-order valence-corrected chi connectivity index (χ0v) is 9.72. The van der Waals surface area contributed by atoms with Crippen molar-refractivity contribution < 1.29 is 13.5 Å². The Labute approximate surface area is 92.9 Å². The smallest absolute Gasteiger partial charge is 0.154 e. The van der Waals surface area contributed by atoms with Gasteiger partial charge >= 0.3 is 0 Å². The van der Waals surface area contributed by atoms with Crippen LogP contribution in [-0.2, 0) is 16.4 Å². The molecule has 1 saturated heterocycles. The van der Waals surface area contributed by atoms with Crippen molar-refractivity contribution in [1.29, 1.82) is 0 Å². The van der Waals surface area contributed by atoms with E-state index in [9.17, 15) is 13.5 Å². The van der Waals surface area contributed by atoms with E-state index in [4.69, 9.17) is 0 Å². The van der Waals surface area contributed by atoms with Crippen LogP contribution in [0.1, 0.15) is 5.56 Å². The summed E-state index contributed by atoms with van der Waals surface area (Å²) >= 11 is 1.60. The second-order valence-corrected chi connectivity index (χ2v) is 6.70. The van der Waals surface area contributed by atoms with Gasteiger partial charge in [0.2, 0.25) is 0 Å². The summed E-state index contributed by atoms with van der Waals surface area (Å²) in [5.41, 5.74) is 1.12. The zero-order valence-electron chi connectivity index (χ0n) is 8.09. The molecule has 0 amide bonds. The maximum atomic E-state index is 11.2. The van der Waals surface area contributed by atoms with Crippen molar-refractivity contribution >= 4 is 21.2 Å². The average molecular weight is 247 g/mol. The molecule has 2 atom stereocenters. The first-order chi connectivity index (χ1) is 7.07. The molecular formula is C9H13NO3S2. The summed E-state index contributed by atoms with van der Waals surface area (Å²) < 4.78 is 22.4. The third kappa shape index (κ3) is 2.78. The number of hydrogen-bond donors (Lipinski definition) is 2. The lowest BCUT2D eigenvalue weighted by atomic mass is 10.2. The first kappa shape index (κ1) is 11.1. The fourth-order valence-electron chi connectivity index (χ4n) is 1.67. The van der Waals surface area contributed by atoms with E-state index in [-0.39, 0.29) is 17.5 Å². The Morgan fingerprint density at radius 1 is 1.53 bits per heavy atom. The van der Waals surface area contributed by atoms with E-state index in [1.165, 1.54) is 0 Å². The first-order valence-corrected chi connectivity index (χ1v) is 7.46. The van der Waals surface area contributed by atoms with Crippen LogP contribution < -0.4 is 5.32 Å². The summed E-state index contributed by atoms with van der Waals surface area (Å²) in [6.07, 6.45) is -0.770. The van der Waals surface area contributed by atoms with Crippen molar-refractivity contribution in [3.05, 3.63) is 22.4 Å². The summed E-state index contributed by atoms with van der Waals surface area (Å²) in [6, 6.07) is 1.66. The molecule has 15 heavy (non-hydrogen) atoms. The molecule has 1 aliphatic rings. The third-order valence-electron chi connectivity index (χ3n) is 2.47. The fraction of sp³-hybridized carbons (Fsp3) is 0.556. The van der Waals surface area contributed by atoms with Gasteiger partial charge in [-0.25, -0.2) is 8.42 Å². The van der Waals surface area contributed by atoms with Crippen LogP contribution in [0.3, 0.4) is 0 Å². The Morgan fingerprint density at radius 2 is 2.33 bits per heavy atom. The lowest BCUT2D eigenvalue weighted by Gasteiger charge is -2.13. The molecule has 2 N–H and O–H groups in total. The van der Waals surface area contributed by atoms with Crippen LogP contribution in [-0.4, -0.2) is 37.2 Å². The zero-order chi connectivity index (χ0) is 10.9. The van der Waals surface area contributed by atoms with E-state index in [2.05, 4.69) is 5.32 Å². The number of hydrogen-bond acceptors (Lipinski definition) is 5. The largest absolute Gasteiger partial charge is 0.390 e. The highest BCUT2D eigenvalue weighted by Gasteiger charge is 2.35. The Hall–Kier alpha value is -0.430. The van der Waals surface area contributed by atoms with Crippen molar-refractivity contribution in [2.45, 2.75) is 18.7 Å². The van der Waals surface area contributed by atoms with E-state index in [0.717, 1.165) is 5.56 Å². The molecule has 2 heterocycles. The molecule has 1 aromatic heterocycles. The predicted molar refractivity (Wildman–Crippen MR) is 59.6 cm³/mol. The minimum atomic E-state index is -3.05. The van der Waals surface area contributed by atoms with E-state index in [1.807, 2.05) is 16.8 Å². The predicted octanol–water partition coefficient (Wildman–Crippen LogP) is -0.00440. The Bertz CT molecular complexity index is 413. The molecule has 1 aromatic rings. The lowest BCUT2D eigenvalue weighted by molar-refractivity contribution is 0.165. The van der Waals surface area contributed by atoms with Gasteiger partial charge in [0, 0.05) is 12.6 Å². The fourth-order valence-corrected chi connectivity index (χ4v) is 4.11. The van der Waals surface area contributed by atoms with Gasteiger partial charge in [-0.2, -0.15) is 11.3 Å². The van der Waals surface area contributed by atoms with Crippen LogP contribution in [0.2, 0.25) is 0 Å². The Morgan fingerprint density at radius 3 is 2.87 bits per heavy atom. The molecule has 0 aromatic carbocycles. The number of rotatable bonds is 3. The van der Waals surface area contributed by atoms with E-state index in [1.54, 1.807) is 11.3 Å². The van der Waals surface area contributed by atoms with E-state index in [0.29, 0.717) is 6.54 Å². The third-order valence-corrected chi connectivity index (χ3v) is 4.92. The molecular weight excluding hydrogens is 234 g/mol. The maximum Gasteiger partial charge on any atom is 0.154 e. The van der Waals surface area contributed by atoms with Gasteiger partial charge in [-0.3, -0.25) is 0 Å². The van der Waals surface area contributed by atoms with E-state index < -0.39 is 15.9 Å². The highest BCUT2D eigenvalue weighted by atomic mass is 32.2. The quantitative estimate of drug-likeness (QED) is 0.789. The molecule has 6 heteroatoms. The minimum Gasteiger partial charge on any atom is -0.390 e. The summed E-state index contributed by atoms with van der Waals surface area (Å²) in [4.78, 5) is 0. The normalized spacial score (nSPS) is 29.4. The van der Waals surface area contributed by atoms with Crippen LogP contribution in [0, 0.1) is 0 Å². The van der Waals surface area contributed by atoms with Crippen LogP contribution in [0.25, 0.3) is 0 Å². The van der Waals surface area contributed by atoms with Crippen LogP contribution >= 0.6 is 11.3 Å². The van der Waals surface area contributed by atoms with Gasteiger partial charge in [0.15, 0.2) is 9.84 Å². The van der Waals surface area contributed by atoms with Crippen molar-refractivity contribution in [2.75, 3.05) is 11.5 Å². The average Bonchev–Trinajstić information content (AvgIpc) is 2.70. The van der Waals surface area contributed by atoms with Gasteiger partial charge in [0.1, 0.15) is 0 Å². The number of thiophene rings is 1. The van der Waals surface area contributed by atoms with Crippen LogP contribution in [0.15, 0.2) is 16.8 Å². The van der Waals surface area contributed by atoms with E-state index >= 15 is 0 Å². The van der Waals surface area contributed by atoms with Gasteiger partial charge in [-0.1, -0.05) is 0 Å². The summed E-state index contributed by atoms with van der Waals surface area (Å²) in [7, 11) is -3.05. The van der Waals surface area contributed by atoms with Gasteiger partial charge in [0.05, 0.1) is 17.6 Å². The molecule has 2 rings (SSSR count). The summed E-state index contributed by atoms with van der Waals surface area (Å²) in [6.45, 7) is 0.612. The molecule has 0 saturated carbocycles. The van der Waals surface area contributed by atoms with Crippen molar-refractivity contribution in [1.82, 2.24) is 5.32 Å². The standard InChI is InChI=1S/C9H13NO3S2/c11-9-6-15(12,13)5-8(9)10-3-7-1-2-14-4-7/h1-2,4,8-11H,3,5-6H2. The summed E-state index contributed by atoms with van der Waals surface area (Å²) in [5.74, 6) is -0.0768.